The van der Waals surface area contributed by atoms with Gasteiger partial charge in [-0.05, 0) is 31.2 Å². The van der Waals surface area contributed by atoms with Crippen LogP contribution in [0.5, 0.6) is 0 Å². The number of nitrogens with one attached hydrogen (secondary N) is 1. The molecule has 2 heterocycles. The largest absolute Gasteiger partial charge is 0.475 e. The Balaban J connectivity index is 1.91. The molecule has 0 aliphatic rings. The van der Waals surface area contributed by atoms with E-state index in [1.54, 1.807) is 12.3 Å². The lowest BCUT2D eigenvalue weighted by atomic mass is 10.2. The second-order valence-electron chi connectivity index (χ2n) is 3.69. The first kappa shape index (κ1) is 11.5. The quantitative estimate of drug-likeness (QED) is 0.832. The van der Waals surface area contributed by atoms with Gasteiger partial charge in [0.2, 0.25) is 5.76 Å². The van der Waals surface area contributed by atoms with Crippen molar-refractivity contribution in [2.45, 2.75) is 19.5 Å². The van der Waals surface area contributed by atoms with Gasteiger partial charge in [-0.1, -0.05) is 0 Å². The second kappa shape index (κ2) is 4.88. The minimum absolute atomic E-state index is 0.0448. The SMILES string of the molecule is CC(NCc1ccc(C(=O)O)o1)c1ccco1. The Labute approximate surface area is 98.0 Å². The molecule has 0 saturated carbocycles. The lowest BCUT2D eigenvalue weighted by molar-refractivity contribution is 0.0660. The fourth-order valence-electron chi connectivity index (χ4n) is 1.48. The molecule has 0 aliphatic heterocycles. The molecular weight excluding hydrogens is 222 g/mol. The van der Waals surface area contributed by atoms with E-state index in [0.717, 1.165) is 5.76 Å². The van der Waals surface area contributed by atoms with E-state index in [1.807, 2.05) is 19.1 Å². The van der Waals surface area contributed by atoms with Crippen molar-refractivity contribution in [3.8, 4) is 0 Å². The number of hydrogen-bond acceptors (Lipinski definition) is 4. The number of carboxylic acid groups (broad SMARTS) is 1. The van der Waals surface area contributed by atoms with E-state index >= 15 is 0 Å². The third-order valence-electron chi connectivity index (χ3n) is 2.42. The number of carboxylic acids is 1. The van der Waals surface area contributed by atoms with Crippen molar-refractivity contribution in [1.29, 1.82) is 0 Å². The van der Waals surface area contributed by atoms with Gasteiger partial charge < -0.3 is 19.3 Å². The average molecular weight is 235 g/mol. The Morgan fingerprint density at radius 2 is 2.29 bits per heavy atom. The van der Waals surface area contributed by atoms with Crippen LogP contribution < -0.4 is 5.32 Å². The van der Waals surface area contributed by atoms with Crippen LogP contribution in [0.3, 0.4) is 0 Å². The highest BCUT2D eigenvalue weighted by molar-refractivity contribution is 5.84. The molecule has 2 rings (SSSR count). The Morgan fingerprint density at radius 3 is 2.88 bits per heavy atom. The van der Waals surface area contributed by atoms with E-state index in [2.05, 4.69) is 5.32 Å². The van der Waals surface area contributed by atoms with Crippen LogP contribution in [0, 0.1) is 0 Å². The molecule has 1 atom stereocenters. The topological polar surface area (TPSA) is 75.6 Å². The number of aromatic carboxylic acids is 1. The molecule has 1 unspecified atom stereocenters. The molecule has 17 heavy (non-hydrogen) atoms. The van der Waals surface area contributed by atoms with Crippen LogP contribution in [0.15, 0.2) is 39.4 Å². The molecule has 0 amide bonds. The van der Waals surface area contributed by atoms with Gasteiger partial charge in [-0.15, -0.1) is 0 Å². The van der Waals surface area contributed by atoms with Crippen LogP contribution in [-0.2, 0) is 6.54 Å². The Kier molecular flexibility index (Phi) is 3.30. The third-order valence-corrected chi connectivity index (χ3v) is 2.42. The first-order valence-electron chi connectivity index (χ1n) is 5.25. The van der Waals surface area contributed by atoms with Crippen molar-refractivity contribution in [3.63, 3.8) is 0 Å². The van der Waals surface area contributed by atoms with Gasteiger partial charge in [0.15, 0.2) is 0 Å². The van der Waals surface area contributed by atoms with E-state index in [1.165, 1.54) is 6.07 Å². The monoisotopic (exact) mass is 235 g/mol. The van der Waals surface area contributed by atoms with Gasteiger partial charge in [0, 0.05) is 0 Å². The second-order valence-corrected chi connectivity index (χ2v) is 3.69. The maximum atomic E-state index is 10.6. The zero-order valence-corrected chi connectivity index (χ0v) is 9.34. The Hall–Kier alpha value is -2.01. The Bertz CT molecular complexity index is 486. The molecule has 0 spiro atoms. The van der Waals surface area contributed by atoms with Crippen LogP contribution in [0.2, 0.25) is 0 Å². The lowest BCUT2D eigenvalue weighted by Gasteiger charge is -2.09. The van der Waals surface area contributed by atoms with E-state index in [-0.39, 0.29) is 11.8 Å². The van der Waals surface area contributed by atoms with Crippen molar-refractivity contribution in [2.24, 2.45) is 0 Å². The Morgan fingerprint density at radius 1 is 1.47 bits per heavy atom. The summed E-state index contributed by atoms with van der Waals surface area (Å²) >= 11 is 0. The third kappa shape index (κ3) is 2.76. The molecule has 0 aromatic carbocycles. The van der Waals surface area contributed by atoms with Gasteiger partial charge in [-0.2, -0.15) is 0 Å². The fraction of sp³-hybridized carbons (Fsp3) is 0.250. The number of carbonyl (C=O) groups is 1. The van der Waals surface area contributed by atoms with Gasteiger partial charge >= 0.3 is 5.97 Å². The molecule has 0 bridgehead atoms. The zero-order valence-electron chi connectivity index (χ0n) is 9.34. The molecule has 0 saturated heterocycles. The van der Waals surface area contributed by atoms with Crippen molar-refractivity contribution in [3.05, 3.63) is 47.8 Å². The summed E-state index contributed by atoms with van der Waals surface area (Å²) < 4.78 is 10.4. The highest BCUT2D eigenvalue weighted by atomic mass is 16.4. The molecule has 90 valence electrons. The highest BCUT2D eigenvalue weighted by Gasteiger charge is 2.11. The summed E-state index contributed by atoms with van der Waals surface area (Å²) in [6, 6.07) is 6.83. The van der Waals surface area contributed by atoms with Crippen molar-refractivity contribution in [1.82, 2.24) is 5.32 Å². The number of hydrogen-bond donors (Lipinski definition) is 2. The van der Waals surface area contributed by atoms with Crippen molar-refractivity contribution in [2.75, 3.05) is 0 Å². The smallest absolute Gasteiger partial charge is 0.371 e. The van der Waals surface area contributed by atoms with Crippen LogP contribution in [0.1, 0.15) is 35.0 Å². The minimum Gasteiger partial charge on any atom is -0.475 e. The zero-order chi connectivity index (χ0) is 12.3. The van der Waals surface area contributed by atoms with Gasteiger partial charge in [-0.25, -0.2) is 4.79 Å². The molecule has 0 fully saturated rings. The maximum Gasteiger partial charge on any atom is 0.371 e. The summed E-state index contributed by atoms with van der Waals surface area (Å²) in [6.45, 7) is 2.41. The van der Waals surface area contributed by atoms with E-state index in [4.69, 9.17) is 13.9 Å². The van der Waals surface area contributed by atoms with E-state index in [9.17, 15) is 4.79 Å². The van der Waals surface area contributed by atoms with Crippen molar-refractivity contribution < 1.29 is 18.7 Å². The van der Waals surface area contributed by atoms with Gasteiger partial charge in [-0.3, -0.25) is 0 Å². The maximum absolute atomic E-state index is 10.6. The van der Waals surface area contributed by atoms with Crippen LogP contribution in [0.4, 0.5) is 0 Å². The van der Waals surface area contributed by atoms with Crippen LogP contribution in [-0.4, -0.2) is 11.1 Å². The standard InChI is InChI=1S/C12H13NO4/c1-8(10-3-2-6-16-10)13-7-9-4-5-11(17-9)12(14)15/h2-6,8,13H,7H2,1H3,(H,14,15). The van der Waals surface area contributed by atoms with Crippen LogP contribution >= 0.6 is 0 Å². The first-order valence-corrected chi connectivity index (χ1v) is 5.25. The van der Waals surface area contributed by atoms with Crippen molar-refractivity contribution >= 4 is 5.97 Å². The highest BCUT2D eigenvalue weighted by Crippen LogP contribution is 2.14. The summed E-state index contributed by atoms with van der Waals surface area (Å²) in [5.41, 5.74) is 0. The molecule has 2 aromatic heterocycles. The summed E-state index contributed by atoms with van der Waals surface area (Å²) in [5.74, 6) is 0.304. The molecule has 2 aromatic rings. The summed E-state index contributed by atoms with van der Waals surface area (Å²) in [4.78, 5) is 10.6. The van der Waals surface area contributed by atoms with Gasteiger partial charge in [0.1, 0.15) is 11.5 Å². The normalized spacial score (nSPS) is 12.5. The minimum atomic E-state index is -1.06. The average Bonchev–Trinajstić information content (AvgIpc) is 2.97. The van der Waals surface area contributed by atoms with Crippen LogP contribution in [0.25, 0.3) is 0 Å². The first-order chi connectivity index (χ1) is 8.16. The van der Waals surface area contributed by atoms with E-state index < -0.39 is 5.97 Å². The fourth-order valence-corrected chi connectivity index (χ4v) is 1.48. The van der Waals surface area contributed by atoms with E-state index in [0.29, 0.717) is 12.3 Å². The van der Waals surface area contributed by atoms with Gasteiger partial charge in [0.05, 0.1) is 18.8 Å². The molecule has 2 N–H and O–H groups in total. The summed E-state index contributed by atoms with van der Waals surface area (Å²) in [5, 5.41) is 11.9. The molecule has 0 radical (unpaired) electrons. The predicted octanol–water partition coefficient (Wildman–Crippen LogP) is 2.42. The molecule has 5 nitrogen and oxygen atoms in total. The number of rotatable bonds is 5. The summed E-state index contributed by atoms with van der Waals surface area (Å²) in [7, 11) is 0. The van der Waals surface area contributed by atoms with Gasteiger partial charge in [0.25, 0.3) is 0 Å². The number of furan rings is 2. The lowest BCUT2D eigenvalue weighted by Crippen LogP contribution is -2.17. The molecular formula is C12H13NO4. The molecule has 0 aliphatic carbocycles. The predicted molar refractivity (Wildman–Crippen MR) is 59.6 cm³/mol. The summed E-state index contributed by atoms with van der Waals surface area (Å²) in [6.07, 6.45) is 1.61. The molecule has 5 heteroatoms.